The average molecular weight is 538 g/mol. The highest BCUT2D eigenvalue weighted by Crippen LogP contribution is 2.51. The largest absolute Gasteiger partial charge is 0.508 e. The fourth-order valence-corrected chi connectivity index (χ4v) is 4.62. The number of hydrogen-bond acceptors (Lipinski definition) is 10. The van der Waals surface area contributed by atoms with Crippen LogP contribution in [-0.2, 0) is 0 Å². The minimum Gasteiger partial charge on any atom is -0.508 e. The molecule has 10 nitrogen and oxygen atoms in total. The standard InChI is InChI=1S/C30H18O10/c31-14-3-1-13(2-4-14)23-11-20(35)27-25(40-23)12-21(36)28(30(27)38)26-16(6-7-18(33)29(26)37)24-10-19(34)17-9-15(32)5-8-22(17)39-24/h1-12,31-33,36-38H. The van der Waals surface area contributed by atoms with E-state index in [1.54, 1.807) is 0 Å². The lowest BCUT2D eigenvalue weighted by atomic mass is 9.93. The van der Waals surface area contributed by atoms with Crippen LogP contribution < -0.4 is 10.9 Å². The Morgan fingerprint density at radius 1 is 0.525 bits per heavy atom. The molecule has 6 aromatic rings. The Morgan fingerprint density at radius 2 is 1.20 bits per heavy atom. The summed E-state index contributed by atoms with van der Waals surface area (Å²) in [6, 6.07) is 15.5. The minimum atomic E-state index is -0.763. The van der Waals surface area contributed by atoms with E-state index in [4.69, 9.17) is 8.83 Å². The van der Waals surface area contributed by atoms with Crippen LogP contribution in [0.3, 0.4) is 0 Å². The Labute approximate surface area is 223 Å². The summed E-state index contributed by atoms with van der Waals surface area (Å²) in [6.45, 7) is 0. The van der Waals surface area contributed by atoms with Crippen molar-refractivity contribution in [2.45, 2.75) is 0 Å². The Hall–Kier alpha value is -5.90. The van der Waals surface area contributed by atoms with E-state index >= 15 is 0 Å². The molecule has 0 aliphatic heterocycles. The zero-order chi connectivity index (χ0) is 28.3. The highest BCUT2D eigenvalue weighted by atomic mass is 16.3. The zero-order valence-electron chi connectivity index (χ0n) is 20.2. The SMILES string of the molecule is O=c1cc(-c2ccc(O)c(O)c2-c2c(O)cc3oc(-c4ccc(O)cc4)cc(=O)c3c2O)oc2ccc(O)cc12. The van der Waals surface area contributed by atoms with Crippen molar-refractivity contribution in [3.05, 3.63) is 93.2 Å². The van der Waals surface area contributed by atoms with Gasteiger partial charge in [-0.25, -0.2) is 0 Å². The number of phenols is 6. The van der Waals surface area contributed by atoms with Crippen molar-refractivity contribution in [1.82, 2.24) is 0 Å². The second-order valence-corrected chi connectivity index (χ2v) is 9.03. The first-order valence-corrected chi connectivity index (χ1v) is 11.8. The summed E-state index contributed by atoms with van der Waals surface area (Å²) < 4.78 is 11.6. The molecule has 4 aromatic carbocycles. The summed E-state index contributed by atoms with van der Waals surface area (Å²) in [5.74, 6) is -2.87. The molecule has 0 saturated heterocycles. The number of rotatable bonds is 3. The summed E-state index contributed by atoms with van der Waals surface area (Å²) in [5, 5.41) is 62.4. The molecule has 6 rings (SSSR count). The van der Waals surface area contributed by atoms with Crippen molar-refractivity contribution in [1.29, 1.82) is 0 Å². The average Bonchev–Trinajstić information content (AvgIpc) is 2.91. The quantitative estimate of drug-likeness (QED) is 0.165. The first-order valence-electron chi connectivity index (χ1n) is 11.8. The molecule has 40 heavy (non-hydrogen) atoms. The lowest BCUT2D eigenvalue weighted by Gasteiger charge is -2.16. The van der Waals surface area contributed by atoms with Crippen molar-refractivity contribution in [2.24, 2.45) is 0 Å². The highest BCUT2D eigenvalue weighted by Gasteiger charge is 2.26. The van der Waals surface area contributed by atoms with Gasteiger partial charge in [0.25, 0.3) is 0 Å². The fourth-order valence-electron chi connectivity index (χ4n) is 4.62. The maximum atomic E-state index is 13.1. The molecule has 0 aliphatic carbocycles. The Morgan fingerprint density at radius 3 is 1.95 bits per heavy atom. The van der Waals surface area contributed by atoms with Gasteiger partial charge in [-0.3, -0.25) is 9.59 Å². The predicted octanol–water partition coefficient (Wildman–Crippen LogP) is 5.13. The molecule has 2 heterocycles. The molecule has 0 aliphatic rings. The number of aromatic hydroxyl groups is 6. The summed E-state index contributed by atoms with van der Waals surface area (Å²) >= 11 is 0. The van der Waals surface area contributed by atoms with Crippen LogP contribution >= 0.6 is 0 Å². The molecular formula is C30H18O10. The van der Waals surface area contributed by atoms with Gasteiger partial charge in [-0.05, 0) is 54.6 Å². The Kier molecular flexibility index (Phi) is 5.40. The monoisotopic (exact) mass is 538 g/mol. The molecule has 6 N–H and O–H groups in total. The van der Waals surface area contributed by atoms with Gasteiger partial charge in [0.1, 0.15) is 51.1 Å². The van der Waals surface area contributed by atoms with Gasteiger partial charge in [0.15, 0.2) is 22.4 Å². The second kappa shape index (κ2) is 8.84. The molecule has 0 bridgehead atoms. The maximum absolute atomic E-state index is 13.1. The molecule has 0 spiro atoms. The number of hydrogen-bond donors (Lipinski definition) is 6. The van der Waals surface area contributed by atoms with Gasteiger partial charge in [0, 0.05) is 34.9 Å². The zero-order valence-corrected chi connectivity index (χ0v) is 20.2. The third-order valence-electron chi connectivity index (χ3n) is 6.51. The van der Waals surface area contributed by atoms with Crippen molar-refractivity contribution in [3.8, 4) is 68.3 Å². The molecule has 2 aromatic heterocycles. The van der Waals surface area contributed by atoms with E-state index < -0.39 is 39.4 Å². The van der Waals surface area contributed by atoms with E-state index in [1.165, 1.54) is 48.5 Å². The van der Waals surface area contributed by atoms with E-state index in [-0.39, 0.29) is 56.1 Å². The first kappa shape index (κ1) is 24.4. The molecule has 10 heteroatoms. The number of phenolic OH excluding ortho intramolecular Hbond substituents is 6. The van der Waals surface area contributed by atoms with Crippen LogP contribution in [-0.4, -0.2) is 30.6 Å². The minimum absolute atomic E-state index is 0.00238. The van der Waals surface area contributed by atoms with E-state index in [0.717, 1.165) is 24.3 Å². The molecule has 0 unspecified atom stereocenters. The van der Waals surface area contributed by atoms with Crippen LogP contribution in [0.2, 0.25) is 0 Å². The van der Waals surface area contributed by atoms with Gasteiger partial charge in [-0.2, -0.15) is 0 Å². The normalized spacial score (nSPS) is 11.3. The van der Waals surface area contributed by atoms with Crippen LogP contribution in [0.4, 0.5) is 0 Å². The smallest absolute Gasteiger partial charge is 0.197 e. The molecule has 0 atom stereocenters. The molecule has 0 radical (unpaired) electrons. The molecule has 0 amide bonds. The van der Waals surface area contributed by atoms with Crippen LogP contribution in [0.5, 0.6) is 34.5 Å². The summed E-state index contributed by atoms with van der Waals surface area (Å²) in [7, 11) is 0. The van der Waals surface area contributed by atoms with Crippen LogP contribution in [0, 0.1) is 0 Å². The van der Waals surface area contributed by atoms with Crippen molar-refractivity contribution in [2.75, 3.05) is 0 Å². The van der Waals surface area contributed by atoms with Gasteiger partial charge in [-0.15, -0.1) is 0 Å². The van der Waals surface area contributed by atoms with Gasteiger partial charge in [-0.1, -0.05) is 0 Å². The topological polar surface area (TPSA) is 182 Å². The summed E-state index contributed by atoms with van der Waals surface area (Å²) in [4.78, 5) is 25.9. The van der Waals surface area contributed by atoms with E-state index in [9.17, 15) is 40.2 Å². The third kappa shape index (κ3) is 3.82. The second-order valence-electron chi connectivity index (χ2n) is 9.03. The third-order valence-corrected chi connectivity index (χ3v) is 6.51. The van der Waals surface area contributed by atoms with Gasteiger partial charge >= 0.3 is 0 Å². The Bertz CT molecular complexity index is 2100. The molecular weight excluding hydrogens is 520 g/mol. The molecule has 0 saturated carbocycles. The summed E-state index contributed by atoms with van der Waals surface area (Å²) in [6.07, 6.45) is 0. The number of benzene rings is 4. The Balaban J connectivity index is 1.62. The lowest BCUT2D eigenvalue weighted by molar-refractivity contribution is 0.404. The van der Waals surface area contributed by atoms with Crippen LogP contribution in [0.15, 0.2) is 91.2 Å². The van der Waals surface area contributed by atoms with Crippen molar-refractivity contribution < 1.29 is 39.5 Å². The van der Waals surface area contributed by atoms with Crippen molar-refractivity contribution >= 4 is 21.9 Å². The first-order chi connectivity index (χ1) is 19.1. The van der Waals surface area contributed by atoms with E-state index in [2.05, 4.69) is 0 Å². The lowest BCUT2D eigenvalue weighted by Crippen LogP contribution is -2.03. The predicted molar refractivity (Wildman–Crippen MR) is 145 cm³/mol. The van der Waals surface area contributed by atoms with Gasteiger partial charge in [0.2, 0.25) is 0 Å². The van der Waals surface area contributed by atoms with Crippen LogP contribution in [0.25, 0.3) is 55.7 Å². The maximum Gasteiger partial charge on any atom is 0.197 e. The fraction of sp³-hybridized carbons (Fsp3) is 0. The van der Waals surface area contributed by atoms with Crippen LogP contribution in [0.1, 0.15) is 0 Å². The highest BCUT2D eigenvalue weighted by molar-refractivity contribution is 6.01. The van der Waals surface area contributed by atoms with E-state index in [1.807, 2.05) is 0 Å². The van der Waals surface area contributed by atoms with Crippen molar-refractivity contribution in [3.63, 3.8) is 0 Å². The van der Waals surface area contributed by atoms with Gasteiger partial charge < -0.3 is 39.5 Å². The molecule has 198 valence electrons. The molecule has 0 fully saturated rings. The summed E-state index contributed by atoms with van der Waals surface area (Å²) in [5.41, 5.74) is -1.57. The van der Waals surface area contributed by atoms with E-state index in [0.29, 0.717) is 5.56 Å². The van der Waals surface area contributed by atoms with Gasteiger partial charge in [0.05, 0.1) is 10.9 Å². The number of fused-ring (bicyclic) bond motifs is 2.